The van der Waals surface area contributed by atoms with Crippen molar-refractivity contribution >= 4 is 17.5 Å². The molecule has 0 aliphatic rings. The van der Waals surface area contributed by atoms with E-state index in [0.717, 1.165) is 11.3 Å². The standard InChI is InChI=1S/C23H26FN3O2S/c1-5-29-21-11-10-17(16(4)28)12-18(21)14-30-23-26-25-22(27(23)13-15(2)3)19-8-6-7-9-20(19)24/h6-12,15H,5,13-14H2,1-4H3. The van der Waals surface area contributed by atoms with Crippen molar-refractivity contribution in [2.75, 3.05) is 6.61 Å². The molecule has 0 aliphatic carbocycles. The zero-order chi connectivity index (χ0) is 21.7. The van der Waals surface area contributed by atoms with Crippen LogP contribution in [0.4, 0.5) is 4.39 Å². The van der Waals surface area contributed by atoms with Gasteiger partial charge in [-0.05, 0) is 50.1 Å². The van der Waals surface area contributed by atoms with Gasteiger partial charge >= 0.3 is 0 Å². The van der Waals surface area contributed by atoms with Crippen molar-refractivity contribution in [3.8, 4) is 17.1 Å². The van der Waals surface area contributed by atoms with E-state index < -0.39 is 0 Å². The molecule has 30 heavy (non-hydrogen) atoms. The molecule has 0 amide bonds. The maximum atomic E-state index is 14.4. The van der Waals surface area contributed by atoms with Crippen LogP contribution in [0.2, 0.25) is 0 Å². The molecule has 3 rings (SSSR count). The van der Waals surface area contributed by atoms with Crippen LogP contribution in [0, 0.1) is 11.7 Å². The van der Waals surface area contributed by atoms with E-state index in [9.17, 15) is 9.18 Å². The van der Waals surface area contributed by atoms with Crippen LogP contribution in [-0.2, 0) is 12.3 Å². The van der Waals surface area contributed by atoms with Gasteiger partial charge in [-0.1, -0.05) is 37.7 Å². The summed E-state index contributed by atoms with van der Waals surface area (Å²) in [7, 11) is 0. The average Bonchev–Trinajstić information content (AvgIpc) is 3.09. The van der Waals surface area contributed by atoms with Gasteiger partial charge < -0.3 is 9.30 Å². The summed E-state index contributed by atoms with van der Waals surface area (Å²) in [5, 5.41) is 9.33. The molecule has 0 spiro atoms. The van der Waals surface area contributed by atoms with Crippen LogP contribution in [-0.4, -0.2) is 27.2 Å². The lowest BCUT2D eigenvalue weighted by atomic mass is 10.1. The lowest BCUT2D eigenvalue weighted by Crippen LogP contribution is -2.08. The summed E-state index contributed by atoms with van der Waals surface area (Å²) in [6.07, 6.45) is 0. The molecular formula is C23H26FN3O2S. The number of hydrogen-bond acceptors (Lipinski definition) is 5. The Hall–Kier alpha value is -2.67. The number of Topliss-reactive ketones (excluding diaryl/α,β-unsaturated/α-hetero) is 1. The summed E-state index contributed by atoms with van der Waals surface area (Å²) in [5.74, 6) is 1.86. The maximum Gasteiger partial charge on any atom is 0.191 e. The fourth-order valence-electron chi connectivity index (χ4n) is 3.12. The summed E-state index contributed by atoms with van der Waals surface area (Å²) in [6, 6.07) is 12.1. The van der Waals surface area contributed by atoms with E-state index in [1.165, 1.54) is 17.8 Å². The highest BCUT2D eigenvalue weighted by molar-refractivity contribution is 7.98. The number of ketones is 1. The third kappa shape index (κ3) is 5.08. The lowest BCUT2D eigenvalue weighted by Gasteiger charge is -2.14. The number of aromatic nitrogens is 3. The van der Waals surface area contributed by atoms with Crippen LogP contribution in [0.3, 0.4) is 0 Å². The first-order valence-corrected chi connectivity index (χ1v) is 11.0. The van der Waals surface area contributed by atoms with E-state index in [1.807, 2.05) is 23.6 Å². The molecule has 0 fully saturated rings. The van der Waals surface area contributed by atoms with Gasteiger partial charge in [0.05, 0.1) is 12.2 Å². The largest absolute Gasteiger partial charge is 0.494 e. The smallest absolute Gasteiger partial charge is 0.191 e. The highest BCUT2D eigenvalue weighted by atomic mass is 32.2. The first kappa shape index (κ1) is 22.0. The van der Waals surface area contributed by atoms with Gasteiger partial charge in [0.1, 0.15) is 11.6 Å². The summed E-state index contributed by atoms with van der Waals surface area (Å²) < 4.78 is 22.1. The Kier molecular flexibility index (Phi) is 7.26. The highest BCUT2D eigenvalue weighted by Crippen LogP contribution is 2.31. The van der Waals surface area contributed by atoms with E-state index in [0.29, 0.717) is 46.9 Å². The number of benzene rings is 2. The van der Waals surface area contributed by atoms with Crippen molar-refractivity contribution in [2.24, 2.45) is 5.92 Å². The van der Waals surface area contributed by atoms with E-state index >= 15 is 0 Å². The van der Waals surface area contributed by atoms with Crippen molar-refractivity contribution in [2.45, 2.75) is 45.1 Å². The van der Waals surface area contributed by atoms with Crippen molar-refractivity contribution < 1.29 is 13.9 Å². The number of carbonyl (C=O) groups is 1. The molecule has 2 aromatic carbocycles. The number of carbonyl (C=O) groups excluding carboxylic acids is 1. The Morgan fingerprint density at radius 2 is 1.97 bits per heavy atom. The lowest BCUT2D eigenvalue weighted by molar-refractivity contribution is 0.101. The molecule has 3 aromatic rings. The first-order valence-electron chi connectivity index (χ1n) is 9.98. The van der Waals surface area contributed by atoms with Crippen molar-refractivity contribution in [1.29, 1.82) is 0 Å². The second kappa shape index (κ2) is 9.89. The molecule has 0 bridgehead atoms. The predicted octanol–water partition coefficient (Wildman–Crippen LogP) is 5.63. The minimum Gasteiger partial charge on any atom is -0.494 e. The number of thioether (sulfide) groups is 1. The van der Waals surface area contributed by atoms with Crippen LogP contribution < -0.4 is 4.74 Å². The second-order valence-electron chi connectivity index (χ2n) is 7.39. The number of hydrogen-bond donors (Lipinski definition) is 0. The Balaban J connectivity index is 1.93. The molecule has 5 nitrogen and oxygen atoms in total. The van der Waals surface area contributed by atoms with Crippen LogP contribution in [0.1, 0.15) is 43.6 Å². The van der Waals surface area contributed by atoms with Crippen molar-refractivity contribution in [3.63, 3.8) is 0 Å². The Bertz CT molecular complexity index is 1030. The van der Waals surface area contributed by atoms with Gasteiger partial charge in [-0.15, -0.1) is 10.2 Å². The quantitative estimate of drug-likeness (QED) is 0.327. The van der Waals surface area contributed by atoms with Gasteiger partial charge in [-0.2, -0.15) is 0 Å². The Morgan fingerprint density at radius 3 is 2.63 bits per heavy atom. The van der Waals surface area contributed by atoms with E-state index in [4.69, 9.17) is 4.74 Å². The Morgan fingerprint density at radius 1 is 1.20 bits per heavy atom. The molecular weight excluding hydrogens is 401 g/mol. The number of rotatable bonds is 9. The molecule has 0 aliphatic heterocycles. The van der Waals surface area contributed by atoms with Gasteiger partial charge in [-0.3, -0.25) is 4.79 Å². The van der Waals surface area contributed by atoms with Gasteiger partial charge in [0, 0.05) is 23.4 Å². The number of ether oxygens (including phenoxy) is 1. The first-order chi connectivity index (χ1) is 14.4. The van der Waals surface area contributed by atoms with Crippen LogP contribution in [0.25, 0.3) is 11.4 Å². The van der Waals surface area contributed by atoms with E-state index in [2.05, 4.69) is 24.0 Å². The average molecular weight is 428 g/mol. The molecule has 1 heterocycles. The number of nitrogens with zero attached hydrogens (tertiary/aromatic N) is 3. The molecule has 0 saturated carbocycles. The van der Waals surface area contributed by atoms with Crippen LogP contribution in [0.5, 0.6) is 5.75 Å². The van der Waals surface area contributed by atoms with Gasteiger partial charge in [-0.25, -0.2) is 4.39 Å². The minimum absolute atomic E-state index is 0.00844. The van der Waals surface area contributed by atoms with Crippen molar-refractivity contribution in [3.05, 3.63) is 59.4 Å². The van der Waals surface area contributed by atoms with Crippen LogP contribution >= 0.6 is 11.8 Å². The summed E-state index contributed by atoms with van der Waals surface area (Å²) >= 11 is 1.50. The number of halogens is 1. The third-order valence-corrected chi connectivity index (χ3v) is 5.52. The van der Waals surface area contributed by atoms with Gasteiger partial charge in [0.2, 0.25) is 0 Å². The second-order valence-corrected chi connectivity index (χ2v) is 8.33. The molecule has 0 atom stereocenters. The molecule has 0 radical (unpaired) electrons. The molecule has 0 unspecified atom stereocenters. The monoisotopic (exact) mass is 427 g/mol. The molecule has 0 saturated heterocycles. The highest BCUT2D eigenvalue weighted by Gasteiger charge is 2.19. The maximum absolute atomic E-state index is 14.4. The third-order valence-electron chi connectivity index (χ3n) is 4.50. The predicted molar refractivity (Wildman–Crippen MR) is 117 cm³/mol. The zero-order valence-electron chi connectivity index (χ0n) is 17.7. The Labute approximate surface area is 180 Å². The fourth-order valence-corrected chi connectivity index (χ4v) is 4.04. The zero-order valence-corrected chi connectivity index (χ0v) is 18.5. The van der Waals surface area contributed by atoms with Crippen molar-refractivity contribution in [1.82, 2.24) is 14.8 Å². The summed E-state index contributed by atoms with van der Waals surface area (Å²) in [5.41, 5.74) is 2.00. The van der Waals surface area contributed by atoms with E-state index in [1.54, 1.807) is 31.2 Å². The van der Waals surface area contributed by atoms with Crippen LogP contribution in [0.15, 0.2) is 47.6 Å². The summed E-state index contributed by atoms with van der Waals surface area (Å²) in [6.45, 7) is 8.89. The molecule has 158 valence electrons. The minimum atomic E-state index is -0.320. The summed E-state index contributed by atoms with van der Waals surface area (Å²) in [4.78, 5) is 11.8. The molecule has 7 heteroatoms. The van der Waals surface area contributed by atoms with Gasteiger partial charge in [0.25, 0.3) is 0 Å². The van der Waals surface area contributed by atoms with E-state index in [-0.39, 0.29) is 11.6 Å². The SMILES string of the molecule is CCOc1ccc(C(C)=O)cc1CSc1nnc(-c2ccccc2F)n1CC(C)C. The van der Waals surface area contributed by atoms with Gasteiger partial charge in [0.15, 0.2) is 16.8 Å². The molecule has 1 aromatic heterocycles. The fraction of sp³-hybridized carbons (Fsp3) is 0.348. The molecule has 0 N–H and O–H groups in total. The topological polar surface area (TPSA) is 57.0 Å². The normalized spacial score (nSPS) is 11.1.